The quantitative estimate of drug-likeness (QED) is 0.496. The standard InChI is InChI=1S/C5H3N2O/c1-2-8-7-4-6-3-5(1)7/h2-4H. The maximum atomic E-state index is 4.86. The van der Waals surface area contributed by atoms with Gasteiger partial charge in [-0.05, 0) is 0 Å². The van der Waals surface area contributed by atoms with E-state index in [4.69, 9.17) is 4.52 Å². The Balaban J connectivity index is 3.06. The van der Waals surface area contributed by atoms with Gasteiger partial charge in [0.05, 0.1) is 12.3 Å². The van der Waals surface area contributed by atoms with Crippen molar-refractivity contribution in [3.05, 3.63) is 24.9 Å². The smallest absolute Gasteiger partial charge is 0.133 e. The molecule has 1 radical (unpaired) electrons. The van der Waals surface area contributed by atoms with Gasteiger partial charge in [-0.15, -0.1) is 0 Å². The average Bonchev–Trinajstić information content (AvgIpc) is 2.15. The van der Waals surface area contributed by atoms with Crippen LogP contribution in [0.5, 0.6) is 0 Å². The van der Waals surface area contributed by atoms with Gasteiger partial charge in [0.2, 0.25) is 0 Å². The van der Waals surface area contributed by atoms with Crippen LogP contribution < -0.4 is 0 Å². The summed E-state index contributed by atoms with van der Waals surface area (Å²) < 4.78 is 6.40. The Hall–Kier alpha value is -1.25. The third kappa shape index (κ3) is 0.307. The second-order valence-electron chi connectivity index (χ2n) is 1.47. The highest BCUT2D eigenvalue weighted by atomic mass is 16.5. The number of aromatic nitrogens is 2. The van der Waals surface area contributed by atoms with Gasteiger partial charge in [-0.2, -0.15) is 4.57 Å². The van der Waals surface area contributed by atoms with Gasteiger partial charge < -0.3 is 4.52 Å². The van der Waals surface area contributed by atoms with Crippen molar-refractivity contribution in [1.82, 2.24) is 9.56 Å². The highest BCUT2D eigenvalue weighted by Gasteiger charge is 1.90. The monoisotopic (exact) mass is 107 g/mol. The van der Waals surface area contributed by atoms with E-state index < -0.39 is 0 Å². The van der Waals surface area contributed by atoms with E-state index in [1.54, 1.807) is 17.1 Å². The number of fused-ring (bicyclic) bond motifs is 1. The molecule has 8 heavy (non-hydrogen) atoms. The Kier molecular flexibility index (Phi) is 0.521. The molecule has 0 aliphatic carbocycles. The molecule has 2 rings (SSSR count). The fraction of sp³-hybridized carbons (Fsp3) is 0. The van der Waals surface area contributed by atoms with Crippen LogP contribution in [-0.4, -0.2) is 9.56 Å². The molecule has 0 aromatic carbocycles. The Morgan fingerprint density at radius 1 is 1.75 bits per heavy atom. The molecule has 3 nitrogen and oxygen atoms in total. The third-order valence-corrected chi connectivity index (χ3v) is 0.979. The summed E-state index contributed by atoms with van der Waals surface area (Å²) in [6.07, 6.45) is 4.77. The van der Waals surface area contributed by atoms with Gasteiger partial charge in [-0.1, -0.05) is 0 Å². The van der Waals surface area contributed by atoms with E-state index in [0.29, 0.717) is 0 Å². The summed E-state index contributed by atoms with van der Waals surface area (Å²) in [7, 11) is 0. The van der Waals surface area contributed by atoms with E-state index >= 15 is 0 Å². The van der Waals surface area contributed by atoms with Gasteiger partial charge in [0.25, 0.3) is 0 Å². The summed E-state index contributed by atoms with van der Waals surface area (Å²) in [5.41, 5.74) is 0.866. The third-order valence-electron chi connectivity index (χ3n) is 0.979. The highest BCUT2D eigenvalue weighted by Crippen LogP contribution is 1.98. The first-order valence-corrected chi connectivity index (χ1v) is 2.24. The molecule has 0 amide bonds. The first-order valence-electron chi connectivity index (χ1n) is 2.24. The number of hydrogen-bond acceptors (Lipinski definition) is 2. The molecule has 0 spiro atoms. The molecule has 39 valence electrons. The number of rotatable bonds is 0. The van der Waals surface area contributed by atoms with E-state index in [-0.39, 0.29) is 0 Å². The number of hydrogen-bond donors (Lipinski definition) is 0. The molecule has 0 bridgehead atoms. The molecule has 0 aliphatic rings. The van der Waals surface area contributed by atoms with E-state index in [9.17, 15) is 0 Å². The maximum absolute atomic E-state index is 4.86. The summed E-state index contributed by atoms with van der Waals surface area (Å²) in [4.78, 5) is 3.80. The minimum Gasteiger partial charge on any atom is -0.381 e. The van der Waals surface area contributed by atoms with Crippen LogP contribution in [-0.2, 0) is 0 Å². The molecule has 0 N–H and O–H groups in total. The lowest BCUT2D eigenvalue weighted by molar-refractivity contribution is 0.375. The van der Waals surface area contributed by atoms with Crippen molar-refractivity contribution < 1.29 is 4.52 Å². The van der Waals surface area contributed by atoms with Crippen molar-refractivity contribution in [2.45, 2.75) is 0 Å². The minimum absolute atomic E-state index is 0.866. The second-order valence-corrected chi connectivity index (χ2v) is 1.47. The summed E-state index contributed by atoms with van der Waals surface area (Å²) in [6.45, 7) is 0. The lowest BCUT2D eigenvalue weighted by atomic mass is 10.6. The molecule has 2 aromatic heterocycles. The predicted octanol–water partition coefficient (Wildman–Crippen LogP) is 0.727. The first-order chi connectivity index (χ1) is 3.97. The minimum atomic E-state index is 0.866. The van der Waals surface area contributed by atoms with Crippen LogP contribution in [0, 0.1) is 6.07 Å². The molecular formula is C5H3N2O. The summed E-state index contributed by atoms with van der Waals surface area (Å²) in [6, 6.07) is 2.83. The largest absolute Gasteiger partial charge is 0.381 e. The fourth-order valence-electron chi connectivity index (χ4n) is 0.612. The second kappa shape index (κ2) is 1.12. The highest BCUT2D eigenvalue weighted by molar-refractivity contribution is 5.39. The van der Waals surface area contributed by atoms with Crippen LogP contribution in [0.2, 0.25) is 0 Å². The van der Waals surface area contributed by atoms with Crippen molar-refractivity contribution in [3.63, 3.8) is 0 Å². The molecular weight excluding hydrogens is 104 g/mol. The summed E-state index contributed by atoms with van der Waals surface area (Å²) in [5, 5.41) is 0. The van der Waals surface area contributed by atoms with Gasteiger partial charge in [-0.25, -0.2) is 4.98 Å². The lowest BCUT2D eigenvalue weighted by Gasteiger charge is -1.72. The molecule has 0 fully saturated rings. The summed E-state index contributed by atoms with van der Waals surface area (Å²) >= 11 is 0. The van der Waals surface area contributed by atoms with Gasteiger partial charge in [0.15, 0.2) is 0 Å². The van der Waals surface area contributed by atoms with E-state index in [2.05, 4.69) is 11.1 Å². The van der Waals surface area contributed by atoms with E-state index in [1.165, 1.54) is 6.26 Å². The van der Waals surface area contributed by atoms with Crippen molar-refractivity contribution in [2.24, 2.45) is 0 Å². The molecule has 2 aromatic rings. The maximum Gasteiger partial charge on any atom is 0.133 e. The van der Waals surface area contributed by atoms with Gasteiger partial charge >= 0.3 is 0 Å². The van der Waals surface area contributed by atoms with Gasteiger partial charge in [0, 0.05) is 0 Å². The van der Waals surface area contributed by atoms with Crippen molar-refractivity contribution in [3.8, 4) is 0 Å². The molecule has 0 aliphatic heterocycles. The molecule has 0 saturated carbocycles. The SMILES string of the molecule is [c]1con2cncc12. The van der Waals surface area contributed by atoms with Crippen LogP contribution >= 0.6 is 0 Å². The van der Waals surface area contributed by atoms with Crippen molar-refractivity contribution >= 4 is 5.52 Å². The number of nitrogens with zero attached hydrogens (tertiary/aromatic N) is 2. The van der Waals surface area contributed by atoms with E-state index in [1.807, 2.05) is 0 Å². The van der Waals surface area contributed by atoms with Crippen LogP contribution in [0.15, 0.2) is 23.3 Å². The Morgan fingerprint density at radius 3 is 3.62 bits per heavy atom. The molecule has 0 unspecified atom stereocenters. The Morgan fingerprint density at radius 2 is 2.75 bits per heavy atom. The lowest BCUT2D eigenvalue weighted by Crippen LogP contribution is -1.66. The van der Waals surface area contributed by atoms with Gasteiger partial charge in [-0.3, -0.25) is 0 Å². The normalized spacial score (nSPS) is 10.5. The van der Waals surface area contributed by atoms with Crippen molar-refractivity contribution in [1.29, 1.82) is 0 Å². The molecule has 0 saturated heterocycles. The topological polar surface area (TPSA) is 30.4 Å². The first kappa shape index (κ1) is 3.72. The molecule has 0 atom stereocenters. The van der Waals surface area contributed by atoms with Crippen molar-refractivity contribution in [2.75, 3.05) is 0 Å². The van der Waals surface area contributed by atoms with Gasteiger partial charge in [0.1, 0.15) is 18.1 Å². The average molecular weight is 107 g/mol. The van der Waals surface area contributed by atoms with Crippen LogP contribution in [0.1, 0.15) is 0 Å². The molecule has 2 heterocycles. The van der Waals surface area contributed by atoms with Crippen LogP contribution in [0.25, 0.3) is 5.52 Å². The predicted molar refractivity (Wildman–Crippen MR) is 26.3 cm³/mol. The Labute approximate surface area is 45.5 Å². The van der Waals surface area contributed by atoms with E-state index in [0.717, 1.165) is 5.52 Å². The zero-order chi connectivity index (χ0) is 5.40. The number of imidazole rings is 1. The van der Waals surface area contributed by atoms with Crippen LogP contribution in [0.3, 0.4) is 0 Å². The molecule has 3 heteroatoms. The summed E-state index contributed by atoms with van der Waals surface area (Å²) in [5.74, 6) is 0. The zero-order valence-corrected chi connectivity index (χ0v) is 4.03. The van der Waals surface area contributed by atoms with Crippen LogP contribution in [0.4, 0.5) is 0 Å². The fourth-order valence-corrected chi connectivity index (χ4v) is 0.612. The zero-order valence-electron chi connectivity index (χ0n) is 4.03. The Bertz CT molecular complexity index is 232.